The third-order valence-corrected chi connectivity index (χ3v) is 4.84. The first kappa shape index (κ1) is 19.8. The summed E-state index contributed by atoms with van der Waals surface area (Å²) >= 11 is 0. The molecule has 3 aromatic rings. The van der Waals surface area contributed by atoms with Crippen LogP contribution in [0.4, 0.5) is 17.5 Å². The van der Waals surface area contributed by atoms with Crippen LogP contribution in [0.5, 0.6) is 0 Å². The highest BCUT2D eigenvalue weighted by Gasteiger charge is 2.15. The lowest BCUT2D eigenvalue weighted by atomic mass is 10.1. The third-order valence-electron chi connectivity index (χ3n) is 4.84. The molecule has 0 bridgehead atoms. The molecular formula is C22H27N5O. The van der Waals surface area contributed by atoms with Gasteiger partial charge in [-0.05, 0) is 49.1 Å². The number of aromatic nitrogens is 3. The van der Waals surface area contributed by atoms with Crippen molar-refractivity contribution in [3.63, 3.8) is 0 Å². The highest BCUT2D eigenvalue weighted by molar-refractivity contribution is 5.67. The summed E-state index contributed by atoms with van der Waals surface area (Å²) in [5.74, 6) is 1.37. The summed E-state index contributed by atoms with van der Waals surface area (Å²) in [6, 6.07) is 13.6. The number of hydrogen-bond acceptors (Lipinski definition) is 6. The van der Waals surface area contributed by atoms with Crippen molar-refractivity contribution in [3.05, 3.63) is 59.8 Å². The Labute approximate surface area is 166 Å². The number of aryl methyl sites for hydroxylation is 1. The summed E-state index contributed by atoms with van der Waals surface area (Å²) in [7, 11) is 0. The molecule has 1 atom stereocenters. The van der Waals surface area contributed by atoms with Crippen LogP contribution in [-0.4, -0.2) is 32.7 Å². The van der Waals surface area contributed by atoms with Crippen LogP contribution >= 0.6 is 0 Å². The third kappa shape index (κ3) is 4.64. The Morgan fingerprint density at radius 3 is 2.50 bits per heavy atom. The van der Waals surface area contributed by atoms with E-state index in [2.05, 4.69) is 45.5 Å². The van der Waals surface area contributed by atoms with Gasteiger partial charge in [0.2, 0.25) is 5.95 Å². The Kier molecular flexibility index (Phi) is 6.21. The summed E-state index contributed by atoms with van der Waals surface area (Å²) in [5, 5.41) is 16.3. The Hall–Kier alpha value is -2.99. The lowest BCUT2D eigenvalue weighted by molar-refractivity contribution is 0.248. The lowest BCUT2D eigenvalue weighted by Gasteiger charge is -2.21. The van der Waals surface area contributed by atoms with Crippen LogP contribution in [0.2, 0.25) is 0 Å². The molecule has 0 spiro atoms. The van der Waals surface area contributed by atoms with Gasteiger partial charge in [0.05, 0.1) is 24.0 Å². The van der Waals surface area contributed by atoms with E-state index in [-0.39, 0.29) is 18.6 Å². The summed E-state index contributed by atoms with van der Waals surface area (Å²) in [6.45, 7) is 8.27. The van der Waals surface area contributed by atoms with Gasteiger partial charge < -0.3 is 15.7 Å². The van der Waals surface area contributed by atoms with Crippen molar-refractivity contribution in [2.75, 3.05) is 17.2 Å². The standard InChI is InChI=1S/C22H27N5O/c1-14(2)20(13-28)26-22-25-19(18-9-5-6-11-23-18)12-21(27-22)24-17-10-7-8-15(3)16(17)4/h5-12,14,20,28H,13H2,1-4H3,(H2,24,25,26,27)/t20-/m1/s1. The fourth-order valence-corrected chi connectivity index (χ4v) is 2.83. The molecule has 3 N–H and O–H groups in total. The van der Waals surface area contributed by atoms with E-state index >= 15 is 0 Å². The van der Waals surface area contributed by atoms with Crippen molar-refractivity contribution in [3.8, 4) is 11.4 Å². The Bertz CT molecular complexity index is 927. The zero-order chi connectivity index (χ0) is 20.1. The van der Waals surface area contributed by atoms with E-state index in [0.717, 1.165) is 11.4 Å². The van der Waals surface area contributed by atoms with E-state index in [1.165, 1.54) is 11.1 Å². The molecule has 1 aromatic carbocycles. The second-order valence-corrected chi connectivity index (χ2v) is 7.23. The van der Waals surface area contributed by atoms with Gasteiger partial charge in [0.25, 0.3) is 0 Å². The average Bonchev–Trinajstić information content (AvgIpc) is 2.70. The quantitative estimate of drug-likeness (QED) is 0.568. The molecule has 0 fully saturated rings. The molecule has 28 heavy (non-hydrogen) atoms. The first-order valence-corrected chi connectivity index (χ1v) is 9.49. The SMILES string of the molecule is Cc1cccc(Nc2cc(-c3ccccn3)nc(N[C@H](CO)C(C)C)n2)c1C. The normalized spacial score (nSPS) is 12.1. The molecule has 0 aliphatic heterocycles. The van der Waals surface area contributed by atoms with Gasteiger partial charge in [0.1, 0.15) is 5.82 Å². The van der Waals surface area contributed by atoms with E-state index in [4.69, 9.17) is 0 Å². The molecule has 0 radical (unpaired) electrons. The molecule has 2 aromatic heterocycles. The second kappa shape index (κ2) is 8.80. The van der Waals surface area contributed by atoms with Crippen LogP contribution in [0.25, 0.3) is 11.4 Å². The molecule has 6 heteroatoms. The second-order valence-electron chi connectivity index (χ2n) is 7.23. The Morgan fingerprint density at radius 2 is 1.82 bits per heavy atom. The van der Waals surface area contributed by atoms with Crippen LogP contribution in [0.1, 0.15) is 25.0 Å². The lowest BCUT2D eigenvalue weighted by Crippen LogP contribution is -2.30. The van der Waals surface area contributed by atoms with E-state index in [9.17, 15) is 5.11 Å². The van der Waals surface area contributed by atoms with Crippen LogP contribution in [-0.2, 0) is 0 Å². The molecule has 0 aliphatic rings. The van der Waals surface area contributed by atoms with Crippen molar-refractivity contribution in [2.24, 2.45) is 5.92 Å². The molecule has 146 valence electrons. The number of rotatable bonds is 7. The zero-order valence-corrected chi connectivity index (χ0v) is 16.8. The summed E-state index contributed by atoms with van der Waals surface area (Å²) < 4.78 is 0. The maximum Gasteiger partial charge on any atom is 0.225 e. The van der Waals surface area contributed by atoms with Crippen molar-refractivity contribution in [1.82, 2.24) is 15.0 Å². The van der Waals surface area contributed by atoms with Gasteiger partial charge in [-0.3, -0.25) is 4.98 Å². The molecule has 0 saturated carbocycles. The van der Waals surface area contributed by atoms with Gasteiger partial charge >= 0.3 is 0 Å². The monoisotopic (exact) mass is 377 g/mol. The molecule has 0 aliphatic carbocycles. The smallest absolute Gasteiger partial charge is 0.225 e. The van der Waals surface area contributed by atoms with E-state index < -0.39 is 0 Å². The maximum atomic E-state index is 9.67. The van der Waals surface area contributed by atoms with Gasteiger partial charge in [-0.1, -0.05) is 32.0 Å². The molecule has 0 unspecified atom stereocenters. The number of nitrogens with one attached hydrogen (secondary N) is 2. The minimum Gasteiger partial charge on any atom is -0.394 e. The summed E-state index contributed by atoms with van der Waals surface area (Å²) in [6.07, 6.45) is 1.74. The van der Waals surface area contributed by atoms with Crippen LogP contribution in [0.15, 0.2) is 48.7 Å². The number of benzene rings is 1. The first-order chi connectivity index (χ1) is 13.5. The number of hydrogen-bond donors (Lipinski definition) is 3. The maximum absolute atomic E-state index is 9.67. The predicted octanol–water partition coefficient (Wildman–Crippen LogP) is 4.33. The van der Waals surface area contributed by atoms with Crippen molar-refractivity contribution in [1.29, 1.82) is 0 Å². The minimum absolute atomic E-state index is 0.00852. The van der Waals surface area contributed by atoms with Gasteiger partial charge in [-0.15, -0.1) is 0 Å². The fraction of sp³-hybridized carbons (Fsp3) is 0.318. The molecular weight excluding hydrogens is 350 g/mol. The number of anilines is 3. The molecule has 2 heterocycles. The number of aliphatic hydroxyl groups excluding tert-OH is 1. The van der Waals surface area contributed by atoms with Crippen LogP contribution in [0, 0.1) is 19.8 Å². The molecule has 0 saturated heterocycles. The van der Waals surface area contributed by atoms with Crippen molar-refractivity contribution in [2.45, 2.75) is 33.7 Å². The van der Waals surface area contributed by atoms with E-state index in [0.29, 0.717) is 17.5 Å². The molecule has 6 nitrogen and oxygen atoms in total. The highest BCUT2D eigenvalue weighted by atomic mass is 16.3. The fourth-order valence-electron chi connectivity index (χ4n) is 2.83. The van der Waals surface area contributed by atoms with Gasteiger partial charge in [-0.2, -0.15) is 4.98 Å². The number of nitrogens with zero attached hydrogens (tertiary/aromatic N) is 3. The minimum atomic E-state index is -0.132. The van der Waals surface area contributed by atoms with E-state index in [1.54, 1.807) is 6.20 Å². The Morgan fingerprint density at radius 1 is 1.00 bits per heavy atom. The average molecular weight is 377 g/mol. The van der Waals surface area contributed by atoms with Crippen molar-refractivity contribution < 1.29 is 5.11 Å². The molecule has 0 amide bonds. The van der Waals surface area contributed by atoms with Gasteiger partial charge in [0, 0.05) is 18.0 Å². The van der Waals surface area contributed by atoms with E-state index in [1.807, 2.05) is 50.2 Å². The zero-order valence-electron chi connectivity index (χ0n) is 16.8. The predicted molar refractivity (Wildman–Crippen MR) is 114 cm³/mol. The summed E-state index contributed by atoms with van der Waals surface area (Å²) in [4.78, 5) is 13.7. The summed E-state index contributed by atoms with van der Waals surface area (Å²) in [5.41, 5.74) is 4.86. The first-order valence-electron chi connectivity index (χ1n) is 9.49. The van der Waals surface area contributed by atoms with Gasteiger partial charge in [0.15, 0.2) is 0 Å². The topological polar surface area (TPSA) is 83.0 Å². The largest absolute Gasteiger partial charge is 0.394 e. The van der Waals surface area contributed by atoms with Crippen LogP contribution in [0.3, 0.4) is 0 Å². The Balaban J connectivity index is 2.00. The van der Waals surface area contributed by atoms with Gasteiger partial charge in [-0.25, -0.2) is 4.98 Å². The molecule has 3 rings (SSSR count). The highest BCUT2D eigenvalue weighted by Crippen LogP contribution is 2.25. The van der Waals surface area contributed by atoms with Crippen molar-refractivity contribution >= 4 is 17.5 Å². The number of aliphatic hydroxyl groups is 1. The number of pyridine rings is 1. The van der Waals surface area contributed by atoms with Crippen LogP contribution < -0.4 is 10.6 Å².